The third-order valence-electron chi connectivity index (χ3n) is 3.09. The number of hydrogen-bond donors (Lipinski definition) is 1. The molecule has 0 aliphatic carbocycles. The van der Waals surface area contributed by atoms with Crippen LogP contribution in [0.1, 0.15) is 6.92 Å². The first kappa shape index (κ1) is 13.9. The minimum atomic E-state index is 0.0125. The van der Waals surface area contributed by atoms with Crippen LogP contribution in [0.3, 0.4) is 0 Å². The third kappa shape index (κ3) is 3.29. The van der Waals surface area contributed by atoms with E-state index in [1.807, 2.05) is 48.5 Å². The van der Waals surface area contributed by atoms with Gasteiger partial charge in [0.05, 0.1) is 7.11 Å². The summed E-state index contributed by atoms with van der Waals surface area (Å²) >= 11 is 0. The Hall–Kier alpha value is -2.49. The van der Waals surface area contributed by atoms with Crippen molar-refractivity contribution in [1.82, 2.24) is 0 Å². The number of carbonyl (C=O) groups is 1. The van der Waals surface area contributed by atoms with Crippen LogP contribution >= 0.6 is 0 Å². The number of hydrogen-bond acceptors (Lipinski definition) is 3. The standard InChI is InChI=1S/C16H18N2O2/c1-12(19)18(2)15-9-7-13(8-10-15)17-14-5-4-6-16(11-14)20-3/h4-11,17H,1-3H3. The Morgan fingerprint density at radius 2 is 1.80 bits per heavy atom. The lowest BCUT2D eigenvalue weighted by molar-refractivity contribution is -0.116. The first-order valence-corrected chi connectivity index (χ1v) is 6.35. The van der Waals surface area contributed by atoms with E-state index < -0.39 is 0 Å². The lowest BCUT2D eigenvalue weighted by Crippen LogP contribution is -2.22. The highest BCUT2D eigenvalue weighted by Gasteiger charge is 2.05. The molecule has 2 rings (SSSR count). The molecule has 0 aliphatic heterocycles. The minimum Gasteiger partial charge on any atom is -0.497 e. The van der Waals surface area contributed by atoms with Crippen molar-refractivity contribution in [3.05, 3.63) is 48.5 Å². The molecule has 0 aromatic heterocycles. The topological polar surface area (TPSA) is 41.6 Å². The Kier molecular flexibility index (Phi) is 4.25. The molecule has 0 saturated carbocycles. The molecule has 1 N–H and O–H groups in total. The molecule has 4 heteroatoms. The maximum absolute atomic E-state index is 11.3. The zero-order valence-corrected chi connectivity index (χ0v) is 11.9. The van der Waals surface area contributed by atoms with Crippen molar-refractivity contribution in [1.29, 1.82) is 0 Å². The second-order valence-electron chi connectivity index (χ2n) is 4.48. The lowest BCUT2D eigenvalue weighted by Gasteiger charge is -2.15. The molecule has 0 fully saturated rings. The molecule has 0 spiro atoms. The van der Waals surface area contributed by atoms with Gasteiger partial charge >= 0.3 is 0 Å². The molecule has 0 aliphatic rings. The average Bonchev–Trinajstić information content (AvgIpc) is 2.47. The molecular weight excluding hydrogens is 252 g/mol. The number of benzene rings is 2. The van der Waals surface area contributed by atoms with Crippen LogP contribution in [0.5, 0.6) is 5.75 Å². The van der Waals surface area contributed by atoms with Gasteiger partial charge in [-0.15, -0.1) is 0 Å². The van der Waals surface area contributed by atoms with Crippen LogP contribution in [0.25, 0.3) is 0 Å². The number of nitrogens with one attached hydrogen (secondary N) is 1. The second-order valence-corrected chi connectivity index (χ2v) is 4.48. The molecular formula is C16H18N2O2. The van der Waals surface area contributed by atoms with Gasteiger partial charge in [-0.05, 0) is 36.4 Å². The summed E-state index contributed by atoms with van der Waals surface area (Å²) in [7, 11) is 3.40. The maximum atomic E-state index is 11.3. The van der Waals surface area contributed by atoms with E-state index in [9.17, 15) is 4.79 Å². The van der Waals surface area contributed by atoms with Gasteiger partial charge in [0.25, 0.3) is 0 Å². The maximum Gasteiger partial charge on any atom is 0.223 e. The predicted molar refractivity (Wildman–Crippen MR) is 81.8 cm³/mol. The van der Waals surface area contributed by atoms with E-state index in [-0.39, 0.29) is 5.91 Å². The van der Waals surface area contributed by atoms with Gasteiger partial charge in [-0.3, -0.25) is 4.79 Å². The summed E-state index contributed by atoms with van der Waals surface area (Å²) in [5.41, 5.74) is 2.78. The van der Waals surface area contributed by atoms with Crippen LogP contribution in [-0.2, 0) is 4.79 Å². The second kappa shape index (κ2) is 6.10. The highest BCUT2D eigenvalue weighted by molar-refractivity contribution is 5.91. The average molecular weight is 270 g/mol. The minimum absolute atomic E-state index is 0.0125. The monoisotopic (exact) mass is 270 g/mol. The highest BCUT2D eigenvalue weighted by atomic mass is 16.5. The molecule has 0 heterocycles. The molecule has 0 radical (unpaired) electrons. The van der Waals surface area contributed by atoms with Crippen LogP contribution in [0, 0.1) is 0 Å². The molecule has 104 valence electrons. The molecule has 0 bridgehead atoms. The number of rotatable bonds is 4. The number of amides is 1. The van der Waals surface area contributed by atoms with Gasteiger partial charge in [-0.1, -0.05) is 6.07 Å². The van der Waals surface area contributed by atoms with Crippen LogP contribution in [0.4, 0.5) is 17.1 Å². The van der Waals surface area contributed by atoms with Crippen LogP contribution in [0.15, 0.2) is 48.5 Å². The molecule has 0 unspecified atom stereocenters. The zero-order chi connectivity index (χ0) is 14.5. The van der Waals surface area contributed by atoms with Crippen LogP contribution < -0.4 is 15.0 Å². The molecule has 2 aromatic carbocycles. The molecule has 20 heavy (non-hydrogen) atoms. The molecule has 0 atom stereocenters. The van der Waals surface area contributed by atoms with Gasteiger partial charge in [0.15, 0.2) is 0 Å². The Labute approximate surface area is 119 Å². The lowest BCUT2D eigenvalue weighted by atomic mass is 10.2. The van der Waals surface area contributed by atoms with E-state index >= 15 is 0 Å². The van der Waals surface area contributed by atoms with E-state index in [2.05, 4.69) is 5.32 Å². The normalized spacial score (nSPS) is 9.95. The summed E-state index contributed by atoms with van der Waals surface area (Å²) in [6, 6.07) is 15.4. The van der Waals surface area contributed by atoms with Crippen molar-refractivity contribution in [3.8, 4) is 5.75 Å². The fourth-order valence-corrected chi connectivity index (χ4v) is 1.82. The highest BCUT2D eigenvalue weighted by Crippen LogP contribution is 2.23. The smallest absolute Gasteiger partial charge is 0.223 e. The number of carbonyl (C=O) groups excluding carboxylic acids is 1. The van der Waals surface area contributed by atoms with Crippen molar-refractivity contribution >= 4 is 23.0 Å². The molecule has 0 saturated heterocycles. The van der Waals surface area contributed by atoms with E-state index in [0.29, 0.717) is 0 Å². The quantitative estimate of drug-likeness (QED) is 0.925. The molecule has 2 aromatic rings. The summed E-state index contributed by atoms with van der Waals surface area (Å²) in [5.74, 6) is 0.821. The first-order valence-electron chi connectivity index (χ1n) is 6.35. The number of ether oxygens (including phenoxy) is 1. The van der Waals surface area contributed by atoms with Gasteiger partial charge in [-0.25, -0.2) is 0 Å². The summed E-state index contributed by atoms with van der Waals surface area (Å²) in [4.78, 5) is 12.9. The first-order chi connectivity index (χ1) is 9.60. The van der Waals surface area contributed by atoms with Crippen molar-refractivity contribution in [3.63, 3.8) is 0 Å². The number of nitrogens with zero attached hydrogens (tertiary/aromatic N) is 1. The summed E-state index contributed by atoms with van der Waals surface area (Å²) in [6.07, 6.45) is 0. The van der Waals surface area contributed by atoms with E-state index in [1.165, 1.54) is 0 Å². The molecule has 1 amide bonds. The third-order valence-corrected chi connectivity index (χ3v) is 3.09. The van der Waals surface area contributed by atoms with Gasteiger partial charge in [0.1, 0.15) is 5.75 Å². The fourth-order valence-electron chi connectivity index (χ4n) is 1.82. The summed E-state index contributed by atoms with van der Waals surface area (Å²) in [5, 5.41) is 3.29. The SMILES string of the molecule is COc1cccc(Nc2ccc(N(C)C(C)=O)cc2)c1. The summed E-state index contributed by atoms with van der Waals surface area (Å²) in [6.45, 7) is 1.54. The van der Waals surface area contributed by atoms with E-state index in [1.54, 1.807) is 26.0 Å². The Morgan fingerprint density at radius 1 is 1.10 bits per heavy atom. The Bertz CT molecular complexity index is 594. The van der Waals surface area contributed by atoms with Crippen molar-refractivity contribution in [2.45, 2.75) is 6.92 Å². The van der Waals surface area contributed by atoms with Gasteiger partial charge < -0.3 is 15.0 Å². The van der Waals surface area contributed by atoms with Gasteiger partial charge in [0, 0.05) is 37.1 Å². The Balaban J connectivity index is 2.12. The predicted octanol–water partition coefficient (Wildman–Crippen LogP) is 3.42. The van der Waals surface area contributed by atoms with E-state index in [0.717, 1.165) is 22.8 Å². The summed E-state index contributed by atoms with van der Waals surface area (Å²) < 4.78 is 5.19. The van der Waals surface area contributed by atoms with Crippen LogP contribution in [0.2, 0.25) is 0 Å². The zero-order valence-electron chi connectivity index (χ0n) is 11.9. The van der Waals surface area contributed by atoms with Crippen LogP contribution in [-0.4, -0.2) is 20.1 Å². The fraction of sp³-hybridized carbons (Fsp3) is 0.188. The van der Waals surface area contributed by atoms with Crippen molar-refractivity contribution in [2.24, 2.45) is 0 Å². The van der Waals surface area contributed by atoms with Gasteiger partial charge in [0.2, 0.25) is 5.91 Å². The van der Waals surface area contributed by atoms with Crippen molar-refractivity contribution < 1.29 is 9.53 Å². The van der Waals surface area contributed by atoms with E-state index in [4.69, 9.17) is 4.74 Å². The van der Waals surface area contributed by atoms with Gasteiger partial charge in [-0.2, -0.15) is 0 Å². The number of methoxy groups -OCH3 is 1. The number of anilines is 3. The largest absolute Gasteiger partial charge is 0.497 e. The Morgan fingerprint density at radius 3 is 2.40 bits per heavy atom. The molecule has 4 nitrogen and oxygen atoms in total. The van der Waals surface area contributed by atoms with Crippen molar-refractivity contribution in [2.75, 3.05) is 24.4 Å².